The number of halogens is 2. The van der Waals surface area contributed by atoms with E-state index >= 15 is 0 Å². The molecule has 3 rings (SSSR count). The van der Waals surface area contributed by atoms with Crippen molar-refractivity contribution in [2.24, 2.45) is 10.9 Å². The van der Waals surface area contributed by atoms with Crippen molar-refractivity contribution in [1.82, 2.24) is 0 Å². The first kappa shape index (κ1) is 17.7. The Bertz CT molecular complexity index is 870. The molecule has 0 spiro atoms. The molecule has 1 atom stereocenters. The number of amides is 1. The van der Waals surface area contributed by atoms with E-state index in [2.05, 4.69) is 5.16 Å². The van der Waals surface area contributed by atoms with Crippen LogP contribution in [0.3, 0.4) is 0 Å². The molecule has 1 amide bonds. The first-order valence-corrected chi connectivity index (χ1v) is 7.78. The average molecular weight is 362 g/mol. The average Bonchev–Trinajstić information content (AvgIpc) is 3.09. The number of nitrogens with two attached hydrogens (primary N) is 1. The highest BCUT2D eigenvalue weighted by atomic mass is 19.1. The number of hydrogen-bond donors (Lipinski definition) is 1. The molecule has 1 heterocycles. The molecule has 1 aliphatic heterocycles. The second kappa shape index (κ2) is 7.38. The van der Waals surface area contributed by atoms with E-state index < -0.39 is 29.2 Å². The van der Waals surface area contributed by atoms with Crippen LogP contribution in [0.2, 0.25) is 0 Å². The lowest BCUT2D eigenvalue weighted by molar-refractivity contribution is 0.0458. The zero-order chi connectivity index (χ0) is 18.7. The zero-order valence-corrected chi connectivity index (χ0v) is 13.9. The van der Waals surface area contributed by atoms with Crippen LogP contribution < -0.4 is 15.2 Å². The fourth-order valence-corrected chi connectivity index (χ4v) is 2.61. The lowest BCUT2D eigenvalue weighted by Gasteiger charge is -2.12. The summed E-state index contributed by atoms with van der Waals surface area (Å²) in [5.41, 5.74) is 5.62. The van der Waals surface area contributed by atoms with E-state index in [1.54, 1.807) is 13.2 Å². The predicted octanol–water partition coefficient (Wildman–Crippen LogP) is 2.64. The highest BCUT2D eigenvalue weighted by Crippen LogP contribution is 2.26. The minimum Gasteiger partial charge on any atom is -0.496 e. The highest BCUT2D eigenvalue weighted by molar-refractivity contribution is 6.03. The number of ether oxygens (including phenoxy) is 2. The van der Waals surface area contributed by atoms with Gasteiger partial charge in [-0.25, -0.2) is 8.78 Å². The Morgan fingerprint density at radius 2 is 2.04 bits per heavy atom. The van der Waals surface area contributed by atoms with Crippen LogP contribution in [0.15, 0.2) is 41.6 Å². The van der Waals surface area contributed by atoms with Gasteiger partial charge in [-0.2, -0.15) is 0 Å². The van der Waals surface area contributed by atoms with Gasteiger partial charge in [-0.3, -0.25) is 4.79 Å². The maximum atomic E-state index is 14.1. The van der Waals surface area contributed by atoms with Crippen molar-refractivity contribution in [3.05, 3.63) is 59.2 Å². The molecule has 8 heteroatoms. The second-order valence-electron chi connectivity index (χ2n) is 5.58. The van der Waals surface area contributed by atoms with Crippen molar-refractivity contribution < 1.29 is 27.9 Å². The number of benzene rings is 2. The lowest BCUT2D eigenvalue weighted by atomic mass is 10.0. The van der Waals surface area contributed by atoms with Crippen LogP contribution in [0.5, 0.6) is 11.5 Å². The number of methoxy groups -OCH3 is 1. The van der Waals surface area contributed by atoms with Gasteiger partial charge in [-0.05, 0) is 24.3 Å². The summed E-state index contributed by atoms with van der Waals surface area (Å²) in [5, 5.41) is 4.02. The quantitative estimate of drug-likeness (QED) is 0.856. The molecule has 0 saturated heterocycles. The first-order chi connectivity index (χ1) is 12.5. The van der Waals surface area contributed by atoms with Crippen molar-refractivity contribution in [3.8, 4) is 11.5 Å². The molecule has 0 fully saturated rings. The summed E-state index contributed by atoms with van der Waals surface area (Å²) >= 11 is 0. The predicted molar refractivity (Wildman–Crippen MR) is 89.4 cm³/mol. The van der Waals surface area contributed by atoms with Gasteiger partial charge in [-0.15, -0.1) is 0 Å². The van der Waals surface area contributed by atoms with E-state index in [-0.39, 0.29) is 12.4 Å². The first-order valence-electron chi connectivity index (χ1n) is 7.78. The van der Waals surface area contributed by atoms with Crippen molar-refractivity contribution >= 4 is 11.6 Å². The molecule has 0 radical (unpaired) electrons. The molecule has 0 saturated carbocycles. The molecule has 2 aromatic rings. The topological polar surface area (TPSA) is 83.1 Å². The Hall–Kier alpha value is -3.16. The molecule has 136 valence electrons. The number of carbonyl (C=O) groups is 1. The minimum absolute atomic E-state index is 0.0388. The van der Waals surface area contributed by atoms with E-state index in [0.29, 0.717) is 17.9 Å². The van der Waals surface area contributed by atoms with Crippen molar-refractivity contribution in [2.75, 3.05) is 13.7 Å². The molecular weight excluding hydrogens is 346 g/mol. The summed E-state index contributed by atoms with van der Waals surface area (Å²) in [5.74, 6) is -3.01. The molecule has 0 aliphatic carbocycles. The summed E-state index contributed by atoms with van der Waals surface area (Å²) in [7, 11) is 1.56. The van der Waals surface area contributed by atoms with Crippen LogP contribution in [-0.2, 0) is 4.84 Å². The smallest absolute Gasteiger partial charge is 0.254 e. The van der Waals surface area contributed by atoms with Crippen LogP contribution in [0.25, 0.3) is 0 Å². The maximum Gasteiger partial charge on any atom is 0.254 e. The Kier molecular flexibility index (Phi) is 5.01. The Labute approximate surface area is 148 Å². The summed E-state index contributed by atoms with van der Waals surface area (Å²) in [4.78, 5) is 16.4. The highest BCUT2D eigenvalue weighted by Gasteiger charge is 2.26. The largest absolute Gasteiger partial charge is 0.496 e. The number of oxime groups is 1. The zero-order valence-electron chi connectivity index (χ0n) is 13.9. The fourth-order valence-electron chi connectivity index (χ4n) is 2.61. The monoisotopic (exact) mass is 362 g/mol. The number of carbonyl (C=O) groups excluding carboxylic acids is 1. The van der Waals surface area contributed by atoms with Crippen molar-refractivity contribution in [2.45, 2.75) is 12.5 Å². The van der Waals surface area contributed by atoms with Crippen molar-refractivity contribution in [1.29, 1.82) is 0 Å². The second-order valence-corrected chi connectivity index (χ2v) is 5.58. The van der Waals surface area contributed by atoms with Crippen LogP contribution in [0, 0.1) is 11.6 Å². The molecule has 26 heavy (non-hydrogen) atoms. The Balaban J connectivity index is 1.66. The number of nitrogens with zero attached hydrogens (tertiary/aromatic N) is 1. The van der Waals surface area contributed by atoms with E-state index in [9.17, 15) is 13.6 Å². The Morgan fingerprint density at radius 3 is 2.77 bits per heavy atom. The van der Waals surface area contributed by atoms with Gasteiger partial charge in [0, 0.05) is 12.0 Å². The third-order valence-corrected chi connectivity index (χ3v) is 3.88. The molecule has 1 unspecified atom stereocenters. The molecule has 2 N–H and O–H groups in total. The van der Waals surface area contributed by atoms with E-state index in [4.69, 9.17) is 20.0 Å². The molecule has 0 bridgehead atoms. The molecule has 6 nitrogen and oxygen atoms in total. The fraction of sp³-hybridized carbons (Fsp3) is 0.222. The van der Waals surface area contributed by atoms with Crippen LogP contribution in [0.1, 0.15) is 22.3 Å². The van der Waals surface area contributed by atoms with Gasteiger partial charge >= 0.3 is 0 Å². The van der Waals surface area contributed by atoms with Gasteiger partial charge in [0.15, 0.2) is 17.7 Å². The van der Waals surface area contributed by atoms with E-state index in [0.717, 1.165) is 17.7 Å². The van der Waals surface area contributed by atoms with E-state index in [1.807, 2.05) is 18.2 Å². The lowest BCUT2D eigenvalue weighted by Crippen LogP contribution is -2.20. The number of rotatable bonds is 6. The van der Waals surface area contributed by atoms with Crippen LogP contribution >= 0.6 is 0 Å². The van der Waals surface area contributed by atoms with Crippen LogP contribution in [0.4, 0.5) is 8.78 Å². The third kappa shape index (κ3) is 3.44. The summed E-state index contributed by atoms with van der Waals surface area (Å²) in [6, 6.07) is 9.36. The molecular formula is C18H16F2N2O4. The number of para-hydroxylation sites is 1. The molecule has 2 aromatic carbocycles. The van der Waals surface area contributed by atoms with Gasteiger partial charge in [0.25, 0.3) is 5.91 Å². The molecule has 0 aromatic heterocycles. The van der Waals surface area contributed by atoms with Gasteiger partial charge in [0.2, 0.25) is 0 Å². The van der Waals surface area contributed by atoms with Gasteiger partial charge in [0.05, 0.1) is 12.8 Å². The standard InChI is InChI=1S/C18H16F2N2O4/c1-24-14-5-3-2-4-11(14)13-8-10(26-22-13)9-25-15-7-6-12(19)16(17(15)20)18(21)23/h2-7,10H,8-9H2,1H3,(H2,21,23). The summed E-state index contributed by atoms with van der Waals surface area (Å²) < 4.78 is 38.2. The van der Waals surface area contributed by atoms with Gasteiger partial charge in [-0.1, -0.05) is 17.3 Å². The van der Waals surface area contributed by atoms with Gasteiger partial charge < -0.3 is 20.0 Å². The number of hydrogen-bond acceptors (Lipinski definition) is 5. The van der Waals surface area contributed by atoms with Crippen molar-refractivity contribution in [3.63, 3.8) is 0 Å². The normalized spacial score (nSPS) is 16.0. The maximum absolute atomic E-state index is 14.1. The summed E-state index contributed by atoms with van der Waals surface area (Å²) in [6.07, 6.45) is -0.0392. The van der Waals surface area contributed by atoms with E-state index in [1.165, 1.54) is 0 Å². The van der Waals surface area contributed by atoms with Gasteiger partial charge in [0.1, 0.15) is 23.7 Å². The summed E-state index contributed by atoms with van der Waals surface area (Å²) in [6.45, 7) is -0.0388. The van der Waals surface area contributed by atoms with Crippen LogP contribution in [-0.4, -0.2) is 31.4 Å². The third-order valence-electron chi connectivity index (χ3n) is 3.88. The molecule has 1 aliphatic rings. The minimum atomic E-state index is -1.20. The number of primary amides is 1. The SMILES string of the molecule is COc1ccccc1C1=NOC(COc2ccc(F)c(C(N)=O)c2F)C1. The Morgan fingerprint density at radius 1 is 1.27 bits per heavy atom.